The molecule has 2 aromatic heterocycles. The molecule has 3 heterocycles. The Kier molecular flexibility index (Phi) is 5.07. The molecule has 0 radical (unpaired) electrons. The standard InChI is InChI=1S/C24H25FN4O3/c1-28(19-4-2-18(25)3-5-19)23(31)29-10-7-24(8-11-29)13-17(24)14-27-22(30)20-12-16-6-9-26-15-21(16)32-20/h2-6,9,12,15,17H,7-8,10-11,13-14H2,1H3,(H,27,30). The number of nitrogens with one attached hydrogen (secondary N) is 1. The number of hydrogen-bond acceptors (Lipinski definition) is 4. The van der Waals surface area contributed by atoms with Crippen LogP contribution in [0.5, 0.6) is 0 Å². The number of carbonyl (C=O) groups excluding carboxylic acids is 2. The number of rotatable bonds is 4. The number of likely N-dealkylation sites (tertiary alicyclic amines) is 1. The van der Waals surface area contributed by atoms with Gasteiger partial charge in [0.25, 0.3) is 5.91 Å². The molecule has 3 amide bonds. The summed E-state index contributed by atoms with van der Waals surface area (Å²) in [4.78, 5) is 32.7. The molecule has 1 unspecified atom stereocenters. The molecule has 1 aromatic carbocycles. The maximum absolute atomic E-state index is 13.1. The molecule has 1 aliphatic carbocycles. The number of piperidine rings is 1. The van der Waals surface area contributed by atoms with E-state index in [4.69, 9.17) is 4.42 Å². The van der Waals surface area contributed by atoms with Crippen molar-refractivity contribution in [1.29, 1.82) is 0 Å². The van der Waals surface area contributed by atoms with Gasteiger partial charge in [0, 0.05) is 44.0 Å². The van der Waals surface area contributed by atoms with Gasteiger partial charge in [0.2, 0.25) is 0 Å². The number of fused-ring (bicyclic) bond motifs is 1. The lowest BCUT2D eigenvalue weighted by Crippen LogP contribution is -2.46. The SMILES string of the molecule is CN(C(=O)N1CCC2(CC1)CC2CNC(=O)c1cc2ccncc2o1)c1ccc(F)cc1. The highest BCUT2D eigenvalue weighted by Gasteiger charge is 2.55. The van der Waals surface area contributed by atoms with Gasteiger partial charge >= 0.3 is 6.03 Å². The van der Waals surface area contributed by atoms with Gasteiger partial charge in [-0.05, 0) is 67.0 Å². The lowest BCUT2D eigenvalue weighted by molar-refractivity contribution is 0.0922. The maximum atomic E-state index is 13.1. The molecule has 0 bridgehead atoms. The summed E-state index contributed by atoms with van der Waals surface area (Å²) in [5.74, 6) is 0.187. The van der Waals surface area contributed by atoms with Gasteiger partial charge in [-0.15, -0.1) is 0 Å². The molecule has 1 atom stereocenters. The van der Waals surface area contributed by atoms with E-state index in [9.17, 15) is 14.0 Å². The van der Waals surface area contributed by atoms with E-state index >= 15 is 0 Å². The number of furan rings is 1. The second kappa shape index (κ2) is 7.93. The summed E-state index contributed by atoms with van der Waals surface area (Å²) in [6.45, 7) is 1.98. The molecule has 2 aliphatic rings. The number of anilines is 1. The van der Waals surface area contributed by atoms with Gasteiger partial charge in [-0.3, -0.25) is 14.7 Å². The number of aromatic nitrogens is 1. The predicted molar refractivity (Wildman–Crippen MR) is 118 cm³/mol. The van der Waals surface area contributed by atoms with Crippen molar-refractivity contribution in [1.82, 2.24) is 15.2 Å². The molecule has 8 heteroatoms. The number of benzene rings is 1. The Balaban J connectivity index is 1.12. The third kappa shape index (κ3) is 3.81. The Morgan fingerprint density at radius 2 is 2.00 bits per heavy atom. The number of pyridine rings is 1. The number of halogens is 1. The van der Waals surface area contributed by atoms with Crippen LogP contribution >= 0.6 is 0 Å². The van der Waals surface area contributed by atoms with Crippen molar-refractivity contribution in [3.8, 4) is 0 Å². The summed E-state index contributed by atoms with van der Waals surface area (Å²) in [6.07, 6.45) is 6.18. The van der Waals surface area contributed by atoms with Gasteiger partial charge in [0.15, 0.2) is 11.3 Å². The van der Waals surface area contributed by atoms with E-state index in [0.29, 0.717) is 42.6 Å². The van der Waals surface area contributed by atoms with Crippen molar-refractivity contribution in [2.45, 2.75) is 19.3 Å². The Hall–Kier alpha value is -3.42. The summed E-state index contributed by atoms with van der Waals surface area (Å²) < 4.78 is 18.7. The monoisotopic (exact) mass is 436 g/mol. The fourth-order valence-corrected chi connectivity index (χ4v) is 4.76. The van der Waals surface area contributed by atoms with Crippen LogP contribution in [0.1, 0.15) is 29.8 Å². The van der Waals surface area contributed by atoms with Crippen LogP contribution in [-0.4, -0.2) is 48.5 Å². The second-order valence-corrected chi connectivity index (χ2v) is 8.80. The molecule has 5 rings (SSSR count). The highest BCUT2D eigenvalue weighted by molar-refractivity contribution is 5.96. The van der Waals surface area contributed by atoms with Crippen LogP contribution < -0.4 is 10.2 Å². The molecule has 2 fully saturated rings. The molecule has 1 spiro atoms. The molecular weight excluding hydrogens is 411 g/mol. The normalized spacial score (nSPS) is 19.2. The van der Waals surface area contributed by atoms with Gasteiger partial charge < -0.3 is 14.6 Å². The average Bonchev–Trinajstić information content (AvgIpc) is 3.28. The number of hydrogen-bond donors (Lipinski definition) is 1. The minimum absolute atomic E-state index is 0.0728. The van der Waals surface area contributed by atoms with Gasteiger partial charge in [0.1, 0.15) is 5.82 Å². The van der Waals surface area contributed by atoms with E-state index in [1.807, 2.05) is 11.0 Å². The van der Waals surface area contributed by atoms with Crippen LogP contribution in [0.25, 0.3) is 11.0 Å². The fraction of sp³-hybridized carbons (Fsp3) is 0.375. The van der Waals surface area contributed by atoms with Crippen molar-refractivity contribution in [2.24, 2.45) is 11.3 Å². The Morgan fingerprint density at radius 1 is 1.25 bits per heavy atom. The van der Waals surface area contributed by atoms with E-state index in [1.165, 1.54) is 12.1 Å². The van der Waals surface area contributed by atoms with Crippen molar-refractivity contribution >= 4 is 28.6 Å². The van der Waals surface area contributed by atoms with Crippen molar-refractivity contribution in [2.75, 3.05) is 31.6 Å². The van der Waals surface area contributed by atoms with Gasteiger partial charge in [-0.1, -0.05) is 0 Å². The number of nitrogens with zero attached hydrogens (tertiary/aromatic N) is 3. The largest absolute Gasteiger partial charge is 0.449 e. The predicted octanol–water partition coefficient (Wildman–Crippen LogP) is 4.06. The van der Waals surface area contributed by atoms with Crippen molar-refractivity contribution in [3.63, 3.8) is 0 Å². The molecule has 1 saturated heterocycles. The number of urea groups is 1. The summed E-state index contributed by atoms with van der Waals surface area (Å²) in [6, 6.07) is 9.40. The lowest BCUT2D eigenvalue weighted by Gasteiger charge is -2.35. The van der Waals surface area contributed by atoms with Gasteiger partial charge in [-0.2, -0.15) is 0 Å². The van der Waals surface area contributed by atoms with E-state index in [1.54, 1.807) is 42.5 Å². The number of carbonyl (C=O) groups is 2. The van der Waals surface area contributed by atoms with E-state index < -0.39 is 0 Å². The first kappa shape index (κ1) is 20.5. The maximum Gasteiger partial charge on any atom is 0.324 e. The van der Waals surface area contributed by atoms with Crippen LogP contribution in [0.2, 0.25) is 0 Å². The molecule has 1 aliphatic heterocycles. The quantitative estimate of drug-likeness (QED) is 0.669. The van der Waals surface area contributed by atoms with Crippen LogP contribution in [0.3, 0.4) is 0 Å². The molecule has 166 valence electrons. The molecule has 1 N–H and O–H groups in total. The average molecular weight is 436 g/mol. The van der Waals surface area contributed by atoms with Crippen LogP contribution in [0, 0.1) is 17.2 Å². The number of amides is 3. The highest BCUT2D eigenvalue weighted by Crippen LogP contribution is 2.59. The molecular formula is C24H25FN4O3. The lowest BCUT2D eigenvalue weighted by atomic mass is 9.91. The summed E-state index contributed by atoms with van der Waals surface area (Å²) in [7, 11) is 1.71. The fourth-order valence-electron chi connectivity index (χ4n) is 4.76. The molecule has 1 saturated carbocycles. The van der Waals surface area contributed by atoms with E-state index in [-0.39, 0.29) is 23.2 Å². The second-order valence-electron chi connectivity index (χ2n) is 8.80. The minimum Gasteiger partial charge on any atom is -0.449 e. The van der Waals surface area contributed by atoms with Crippen molar-refractivity contribution < 1.29 is 18.4 Å². The molecule has 32 heavy (non-hydrogen) atoms. The summed E-state index contributed by atoms with van der Waals surface area (Å²) in [5, 5.41) is 3.86. The zero-order chi connectivity index (χ0) is 22.3. The van der Waals surface area contributed by atoms with Crippen LogP contribution in [-0.2, 0) is 0 Å². The van der Waals surface area contributed by atoms with Crippen LogP contribution in [0.4, 0.5) is 14.9 Å². The Labute approximate surface area is 185 Å². The zero-order valence-electron chi connectivity index (χ0n) is 17.9. The first-order valence-corrected chi connectivity index (χ1v) is 10.9. The molecule has 3 aromatic rings. The van der Waals surface area contributed by atoms with Crippen molar-refractivity contribution in [3.05, 3.63) is 60.4 Å². The summed E-state index contributed by atoms with van der Waals surface area (Å²) in [5.41, 5.74) is 1.48. The first-order chi connectivity index (χ1) is 15.4. The summed E-state index contributed by atoms with van der Waals surface area (Å²) >= 11 is 0. The molecule has 7 nitrogen and oxygen atoms in total. The van der Waals surface area contributed by atoms with E-state index in [2.05, 4.69) is 10.3 Å². The van der Waals surface area contributed by atoms with E-state index in [0.717, 1.165) is 24.6 Å². The smallest absolute Gasteiger partial charge is 0.324 e. The Morgan fingerprint density at radius 3 is 2.72 bits per heavy atom. The highest BCUT2D eigenvalue weighted by atomic mass is 19.1. The Bertz CT molecular complexity index is 1120. The van der Waals surface area contributed by atoms with Crippen LogP contribution in [0.15, 0.2) is 53.2 Å². The third-order valence-electron chi connectivity index (χ3n) is 6.95. The first-order valence-electron chi connectivity index (χ1n) is 10.9. The topological polar surface area (TPSA) is 78.7 Å². The minimum atomic E-state index is -0.321. The third-order valence-corrected chi connectivity index (χ3v) is 6.95. The van der Waals surface area contributed by atoms with Gasteiger partial charge in [-0.25, -0.2) is 9.18 Å². The zero-order valence-corrected chi connectivity index (χ0v) is 17.9. The van der Waals surface area contributed by atoms with Gasteiger partial charge in [0.05, 0.1) is 6.20 Å².